The summed E-state index contributed by atoms with van der Waals surface area (Å²) in [6.07, 6.45) is 11.8. The molecule has 36 heavy (non-hydrogen) atoms. The van der Waals surface area contributed by atoms with Gasteiger partial charge in [0.25, 0.3) is 0 Å². The Kier molecular flexibility index (Phi) is 9.10. The molecule has 0 amide bonds. The van der Waals surface area contributed by atoms with Gasteiger partial charge in [-0.3, -0.25) is 0 Å². The molecule has 0 aliphatic carbocycles. The van der Waals surface area contributed by atoms with Crippen molar-refractivity contribution in [3.05, 3.63) is 101 Å². The maximum Gasteiger partial charge on any atom is 0.213 e. The number of fused-ring (bicyclic) bond motifs is 2. The van der Waals surface area contributed by atoms with E-state index in [2.05, 4.69) is 108 Å². The van der Waals surface area contributed by atoms with Crippen LogP contribution in [0.2, 0.25) is 0 Å². The zero-order chi connectivity index (χ0) is 25.5. The van der Waals surface area contributed by atoms with E-state index in [-0.39, 0.29) is 6.61 Å². The van der Waals surface area contributed by atoms with Crippen LogP contribution in [-0.2, 0) is 11.4 Å². The molecule has 1 aliphatic heterocycles. The van der Waals surface area contributed by atoms with Crippen LogP contribution in [0.1, 0.15) is 31.4 Å². The molecule has 2 aromatic carbocycles. The van der Waals surface area contributed by atoms with Crippen LogP contribution >= 0.6 is 23.5 Å². The van der Waals surface area contributed by atoms with Gasteiger partial charge >= 0.3 is 0 Å². The highest BCUT2D eigenvalue weighted by Gasteiger charge is 2.23. The van der Waals surface area contributed by atoms with Gasteiger partial charge in [-0.15, -0.1) is 0 Å². The number of pyridine rings is 1. The molecule has 6 heteroatoms. The van der Waals surface area contributed by atoms with Gasteiger partial charge in [0.1, 0.15) is 0 Å². The van der Waals surface area contributed by atoms with Crippen LogP contribution in [0.25, 0.3) is 17.0 Å². The Hall–Kier alpha value is -2.77. The molecular weight excluding hydrogens is 484 g/mol. The second kappa shape index (κ2) is 12.5. The molecule has 0 spiro atoms. The second-order valence-corrected chi connectivity index (χ2v) is 10.6. The highest BCUT2D eigenvalue weighted by atomic mass is 32.2. The van der Waals surface area contributed by atoms with Crippen LogP contribution < -0.4 is 14.7 Å². The van der Waals surface area contributed by atoms with Crippen molar-refractivity contribution < 1.29 is 14.7 Å². The predicted molar refractivity (Wildman–Crippen MR) is 152 cm³/mol. The number of aryl methyl sites for hydroxylation is 1. The quantitative estimate of drug-likeness (QED) is 0.0976. The summed E-state index contributed by atoms with van der Waals surface area (Å²) >= 11 is 3.48. The van der Waals surface area contributed by atoms with E-state index in [1.54, 1.807) is 11.8 Å². The summed E-state index contributed by atoms with van der Waals surface area (Å²) in [5.74, 6) is 0. The normalized spacial score (nSPS) is 14.8. The van der Waals surface area contributed by atoms with Crippen molar-refractivity contribution in [2.24, 2.45) is 0 Å². The van der Waals surface area contributed by atoms with Crippen molar-refractivity contribution in [3.8, 4) is 0 Å². The number of hydrogen-bond donors (Lipinski definition) is 0. The van der Waals surface area contributed by atoms with Crippen molar-refractivity contribution in [2.45, 2.75) is 43.5 Å². The number of anilines is 1. The maximum absolute atomic E-state index is 10.5. The summed E-state index contributed by atoms with van der Waals surface area (Å²) in [5, 5.41) is 14.8. The minimum Gasteiger partial charge on any atom is -0.723 e. The fraction of sp³-hybridized carbons (Fsp3) is 0.233. The van der Waals surface area contributed by atoms with Gasteiger partial charge in [-0.25, -0.2) is 0 Å². The lowest BCUT2D eigenvalue weighted by atomic mass is 10.0. The third-order valence-corrected chi connectivity index (χ3v) is 7.99. The van der Waals surface area contributed by atoms with Crippen LogP contribution in [0.3, 0.4) is 0 Å². The first-order valence-electron chi connectivity index (χ1n) is 12.2. The van der Waals surface area contributed by atoms with Gasteiger partial charge in [0.05, 0.1) is 22.7 Å². The van der Waals surface area contributed by atoms with Crippen LogP contribution in [0.4, 0.5) is 5.69 Å². The molecule has 1 aliphatic rings. The van der Waals surface area contributed by atoms with Gasteiger partial charge in [0.2, 0.25) is 5.52 Å². The summed E-state index contributed by atoms with van der Waals surface area (Å²) in [5.41, 5.74) is 5.99. The maximum atomic E-state index is 10.5. The number of thioether (sulfide) groups is 2. The Bertz CT molecular complexity index is 1340. The summed E-state index contributed by atoms with van der Waals surface area (Å²) in [6.45, 7) is 11.9. The zero-order valence-corrected chi connectivity index (χ0v) is 22.7. The molecule has 4 nitrogen and oxygen atoms in total. The molecule has 0 unspecified atom stereocenters. The Balaban J connectivity index is 1.61. The number of hydrogen-bond acceptors (Lipinski definition) is 5. The van der Waals surface area contributed by atoms with Gasteiger partial charge in [-0.1, -0.05) is 66.9 Å². The molecular formula is C30H32N2O2S2. The molecule has 186 valence electrons. The van der Waals surface area contributed by atoms with E-state index >= 15 is 0 Å². The molecule has 0 N–H and O–H groups in total. The number of benzene rings is 2. The zero-order valence-electron chi connectivity index (χ0n) is 21.1. The van der Waals surface area contributed by atoms with Gasteiger partial charge in [0.15, 0.2) is 12.7 Å². The smallest absolute Gasteiger partial charge is 0.213 e. The van der Waals surface area contributed by atoms with Crippen LogP contribution in [0.5, 0.6) is 0 Å². The standard InChI is InChI=1S/C30H32N2O2S2/c1-5-23(10-15-30-32(6-2)28-14-12-25(35-7-3)21-29(28)36-30)9-11-24-16-17-31(18-19-34-33)27-13-8-22(4)20-26(24)27/h7-17,20-21H,3,5-6,18-19H2,1-2,4H3. The first kappa shape index (κ1) is 26.3. The Labute approximate surface area is 222 Å². The lowest BCUT2D eigenvalue weighted by molar-refractivity contribution is -0.728. The highest BCUT2D eigenvalue weighted by molar-refractivity contribution is 8.04. The topological polar surface area (TPSA) is 39.4 Å². The number of aromatic nitrogens is 1. The second-order valence-electron chi connectivity index (χ2n) is 8.50. The summed E-state index contributed by atoms with van der Waals surface area (Å²) in [6, 6.07) is 15.1. The number of allylic oxidation sites excluding steroid dienone is 4. The van der Waals surface area contributed by atoms with E-state index in [1.165, 1.54) is 37.0 Å². The van der Waals surface area contributed by atoms with Gasteiger partial charge in [0, 0.05) is 28.5 Å². The molecule has 0 saturated heterocycles. The molecule has 4 rings (SSSR count). The molecule has 0 bridgehead atoms. The van der Waals surface area contributed by atoms with Crippen LogP contribution in [0.15, 0.2) is 99.3 Å². The number of rotatable bonds is 10. The fourth-order valence-electron chi connectivity index (χ4n) is 4.32. The van der Waals surface area contributed by atoms with E-state index in [1.807, 2.05) is 23.4 Å². The first-order valence-corrected chi connectivity index (χ1v) is 13.9. The molecule has 0 fully saturated rings. The van der Waals surface area contributed by atoms with E-state index in [9.17, 15) is 5.26 Å². The van der Waals surface area contributed by atoms with Gasteiger partial charge < -0.3 is 15.0 Å². The largest absolute Gasteiger partial charge is 0.723 e. The van der Waals surface area contributed by atoms with Crippen molar-refractivity contribution >= 4 is 46.2 Å². The van der Waals surface area contributed by atoms with Crippen LogP contribution in [0, 0.1) is 6.92 Å². The Morgan fingerprint density at radius 2 is 2.06 bits per heavy atom. The van der Waals surface area contributed by atoms with E-state index < -0.39 is 0 Å². The SMILES string of the molecule is C=CSc1ccc2c(c1)S/C(=C/C=C(/C=C/c1cc[n+](CCO[O-])c3ccc(C)cc13)CC)N2CC. The average molecular weight is 517 g/mol. The van der Waals surface area contributed by atoms with E-state index in [0.29, 0.717) is 6.54 Å². The van der Waals surface area contributed by atoms with Crippen molar-refractivity contribution in [3.63, 3.8) is 0 Å². The molecule has 0 atom stereocenters. The Morgan fingerprint density at radius 1 is 1.19 bits per heavy atom. The van der Waals surface area contributed by atoms with Gasteiger partial charge in [-0.05, 0) is 67.2 Å². The lowest BCUT2D eigenvalue weighted by Gasteiger charge is -2.17. The molecule has 1 aromatic heterocycles. The number of nitrogens with zero attached hydrogens (tertiary/aromatic N) is 2. The highest BCUT2D eigenvalue weighted by Crippen LogP contribution is 2.47. The summed E-state index contributed by atoms with van der Waals surface area (Å²) in [7, 11) is 0. The van der Waals surface area contributed by atoms with Crippen molar-refractivity contribution in [1.29, 1.82) is 0 Å². The van der Waals surface area contributed by atoms with Crippen LogP contribution in [-0.4, -0.2) is 13.2 Å². The minimum absolute atomic E-state index is 0.144. The van der Waals surface area contributed by atoms with Crippen molar-refractivity contribution in [1.82, 2.24) is 0 Å². The van der Waals surface area contributed by atoms with Crippen molar-refractivity contribution in [2.75, 3.05) is 18.1 Å². The summed E-state index contributed by atoms with van der Waals surface area (Å²) in [4.78, 5) is 8.93. The monoisotopic (exact) mass is 516 g/mol. The first-order chi connectivity index (χ1) is 17.6. The molecule has 2 heterocycles. The average Bonchev–Trinajstić information content (AvgIpc) is 3.24. The van der Waals surface area contributed by atoms with Gasteiger partial charge in [-0.2, -0.15) is 4.57 Å². The Morgan fingerprint density at radius 3 is 2.81 bits per heavy atom. The van der Waals surface area contributed by atoms with E-state index in [0.717, 1.165) is 24.0 Å². The fourth-order valence-corrected chi connectivity index (χ4v) is 6.09. The third-order valence-electron chi connectivity index (χ3n) is 6.19. The predicted octanol–water partition coefficient (Wildman–Crippen LogP) is 6.79. The van der Waals surface area contributed by atoms with E-state index in [4.69, 9.17) is 0 Å². The third kappa shape index (κ3) is 5.95. The lowest BCUT2D eigenvalue weighted by Crippen LogP contribution is -2.37. The molecule has 3 aromatic rings. The minimum atomic E-state index is 0.144. The molecule has 0 saturated carbocycles. The summed E-state index contributed by atoms with van der Waals surface area (Å²) < 4.78 is 2.07. The molecule has 0 radical (unpaired) electrons.